The van der Waals surface area contributed by atoms with Crippen LogP contribution in [-0.2, 0) is 16.0 Å². The second-order valence-corrected chi connectivity index (χ2v) is 9.66. The maximum Gasteiger partial charge on any atom is 0.410 e. The Labute approximate surface area is 179 Å². The zero-order valence-electron chi connectivity index (χ0n) is 18.7. The number of hydrogen-bond acceptors (Lipinski definition) is 5. The van der Waals surface area contributed by atoms with Crippen molar-refractivity contribution in [1.82, 2.24) is 10.2 Å². The van der Waals surface area contributed by atoms with Crippen molar-refractivity contribution in [3.05, 3.63) is 23.8 Å². The smallest absolute Gasteiger partial charge is 0.410 e. The Morgan fingerprint density at radius 1 is 1.23 bits per heavy atom. The Bertz CT molecular complexity index is 776. The van der Waals surface area contributed by atoms with Crippen molar-refractivity contribution < 1.29 is 23.8 Å². The molecule has 0 aromatic heterocycles. The average Bonchev–Trinajstić information content (AvgIpc) is 2.98. The van der Waals surface area contributed by atoms with Gasteiger partial charge in [-0.3, -0.25) is 4.79 Å². The van der Waals surface area contributed by atoms with Gasteiger partial charge in [0.05, 0.1) is 6.54 Å². The molecule has 166 valence electrons. The first-order valence-electron chi connectivity index (χ1n) is 10.7. The van der Waals surface area contributed by atoms with Crippen LogP contribution in [0, 0.1) is 5.92 Å². The normalized spacial score (nSPS) is 18.4. The summed E-state index contributed by atoms with van der Waals surface area (Å²) in [5.41, 5.74) is 0.424. The second kappa shape index (κ2) is 8.74. The SMILES string of the molecule is CC(C)(C)OC(=O)N1CCC(C(=O)NCCOc2cccc3c2OC(C)(C)C3)CC1. The van der Waals surface area contributed by atoms with Gasteiger partial charge in [0.2, 0.25) is 5.91 Å². The number of hydrogen-bond donors (Lipinski definition) is 1. The molecule has 1 aromatic rings. The summed E-state index contributed by atoms with van der Waals surface area (Å²) in [5.74, 6) is 1.45. The van der Waals surface area contributed by atoms with Gasteiger partial charge in [-0.25, -0.2) is 4.79 Å². The highest BCUT2D eigenvalue weighted by Gasteiger charge is 2.32. The standard InChI is InChI=1S/C23H34N2O5/c1-22(2,3)30-21(27)25-12-9-16(10-13-25)20(26)24-11-14-28-18-8-6-7-17-15-23(4,5)29-19(17)18/h6-8,16H,9-15H2,1-5H3,(H,24,26). The third-order valence-corrected chi connectivity index (χ3v) is 5.23. The van der Waals surface area contributed by atoms with E-state index in [0.29, 0.717) is 39.1 Å². The van der Waals surface area contributed by atoms with Crippen LogP contribution in [0.3, 0.4) is 0 Å². The van der Waals surface area contributed by atoms with Crippen LogP contribution in [0.25, 0.3) is 0 Å². The minimum absolute atomic E-state index is 0.0121. The molecule has 0 atom stereocenters. The molecule has 2 aliphatic rings. The van der Waals surface area contributed by atoms with Gasteiger partial charge in [0.1, 0.15) is 17.8 Å². The molecule has 7 nitrogen and oxygen atoms in total. The van der Waals surface area contributed by atoms with Crippen LogP contribution >= 0.6 is 0 Å². The first-order valence-corrected chi connectivity index (χ1v) is 10.7. The highest BCUT2D eigenvalue weighted by Crippen LogP contribution is 2.41. The molecular weight excluding hydrogens is 384 g/mol. The monoisotopic (exact) mass is 418 g/mol. The summed E-state index contributed by atoms with van der Waals surface area (Å²) >= 11 is 0. The fraction of sp³-hybridized carbons (Fsp3) is 0.652. The molecule has 0 radical (unpaired) electrons. The molecule has 0 aliphatic carbocycles. The molecular formula is C23H34N2O5. The van der Waals surface area contributed by atoms with E-state index in [1.165, 1.54) is 0 Å². The summed E-state index contributed by atoms with van der Waals surface area (Å²) in [6.45, 7) is 11.5. The zero-order valence-corrected chi connectivity index (χ0v) is 18.7. The summed E-state index contributed by atoms with van der Waals surface area (Å²) in [5, 5.41) is 2.95. The van der Waals surface area contributed by atoms with Gasteiger partial charge in [-0.05, 0) is 53.5 Å². The van der Waals surface area contributed by atoms with Gasteiger partial charge >= 0.3 is 6.09 Å². The van der Waals surface area contributed by atoms with Gasteiger partial charge in [0, 0.05) is 31.0 Å². The molecule has 2 aliphatic heterocycles. The molecule has 30 heavy (non-hydrogen) atoms. The second-order valence-electron chi connectivity index (χ2n) is 9.66. The Morgan fingerprint density at radius 3 is 2.60 bits per heavy atom. The fourth-order valence-electron chi connectivity index (χ4n) is 3.83. The van der Waals surface area contributed by atoms with Crippen molar-refractivity contribution in [2.75, 3.05) is 26.2 Å². The first-order chi connectivity index (χ1) is 14.0. The number of nitrogens with zero attached hydrogens (tertiary/aromatic N) is 1. The molecule has 3 rings (SSSR count). The number of piperidine rings is 1. The summed E-state index contributed by atoms with van der Waals surface area (Å²) in [6, 6.07) is 5.92. The van der Waals surface area contributed by atoms with Crippen molar-refractivity contribution in [2.45, 2.75) is 65.1 Å². The Hall–Kier alpha value is -2.44. The number of nitrogens with one attached hydrogen (secondary N) is 1. The molecule has 1 saturated heterocycles. The molecule has 0 bridgehead atoms. The van der Waals surface area contributed by atoms with Crippen LogP contribution in [-0.4, -0.2) is 54.3 Å². The molecule has 2 amide bonds. The Kier molecular flexibility index (Phi) is 6.48. The number of carbonyl (C=O) groups is 2. The number of likely N-dealkylation sites (tertiary alicyclic amines) is 1. The van der Waals surface area contributed by atoms with Gasteiger partial charge < -0.3 is 24.4 Å². The van der Waals surface area contributed by atoms with E-state index in [1.807, 2.05) is 32.9 Å². The molecule has 0 spiro atoms. The number of amides is 2. The number of benzene rings is 1. The molecule has 1 aromatic carbocycles. The van der Waals surface area contributed by atoms with Crippen LogP contribution < -0.4 is 14.8 Å². The highest BCUT2D eigenvalue weighted by atomic mass is 16.6. The van der Waals surface area contributed by atoms with E-state index in [9.17, 15) is 9.59 Å². The molecule has 2 heterocycles. The predicted octanol–water partition coefficient (Wildman–Crippen LogP) is 3.54. The van der Waals surface area contributed by atoms with E-state index in [1.54, 1.807) is 4.90 Å². The molecule has 1 N–H and O–H groups in total. The minimum atomic E-state index is -0.509. The maximum atomic E-state index is 12.5. The van der Waals surface area contributed by atoms with Crippen molar-refractivity contribution in [3.63, 3.8) is 0 Å². The Morgan fingerprint density at radius 2 is 1.93 bits per heavy atom. The topological polar surface area (TPSA) is 77.1 Å². The molecule has 0 unspecified atom stereocenters. The van der Waals surface area contributed by atoms with E-state index < -0.39 is 5.60 Å². The largest absolute Gasteiger partial charge is 0.488 e. The average molecular weight is 419 g/mol. The van der Waals surface area contributed by atoms with Crippen LogP contribution in [0.1, 0.15) is 53.0 Å². The first kappa shape index (κ1) is 22.2. The van der Waals surface area contributed by atoms with Crippen LogP contribution in [0.5, 0.6) is 11.5 Å². The van der Waals surface area contributed by atoms with Crippen LogP contribution in [0.4, 0.5) is 4.79 Å². The lowest BCUT2D eigenvalue weighted by molar-refractivity contribution is -0.126. The van der Waals surface area contributed by atoms with Gasteiger partial charge in [0.25, 0.3) is 0 Å². The van der Waals surface area contributed by atoms with E-state index >= 15 is 0 Å². The number of carbonyl (C=O) groups excluding carboxylic acids is 2. The summed E-state index contributed by atoms with van der Waals surface area (Å²) in [7, 11) is 0. The van der Waals surface area contributed by atoms with E-state index in [-0.39, 0.29) is 23.5 Å². The van der Waals surface area contributed by atoms with Gasteiger partial charge in [-0.15, -0.1) is 0 Å². The van der Waals surface area contributed by atoms with Gasteiger partial charge in [-0.1, -0.05) is 12.1 Å². The summed E-state index contributed by atoms with van der Waals surface area (Å²) in [4.78, 5) is 26.3. The minimum Gasteiger partial charge on any atom is -0.488 e. The third kappa shape index (κ3) is 5.80. The van der Waals surface area contributed by atoms with Crippen molar-refractivity contribution in [3.8, 4) is 11.5 Å². The van der Waals surface area contributed by atoms with Gasteiger partial charge in [-0.2, -0.15) is 0 Å². The van der Waals surface area contributed by atoms with E-state index in [2.05, 4.69) is 25.2 Å². The quantitative estimate of drug-likeness (QED) is 0.740. The highest BCUT2D eigenvalue weighted by molar-refractivity contribution is 5.79. The van der Waals surface area contributed by atoms with E-state index in [4.69, 9.17) is 14.2 Å². The van der Waals surface area contributed by atoms with Crippen molar-refractivity contribution >= 4 is 12.0 Å². The fourth-order valence-corrected chi connectivity index (χ4v) is 3.83. The lowest BCUT2D eigenvalue weighted by Gasteiger charge is -2.32. The van der Waals surface area contributed by atoms with Crippen molar-refractivity contribution in [1.29, 1.82) is 0 Å². The molecule has 1 fully saturated rings. The molecule has 7 heteroatoms. The number of fused-ring (bicyclic) bond motifs is 1. The van der Waals surface area contributed by atoms with Crippen molar-refractivity contribution in [2.24, 2.45) is 5.92 Å². The van der Waals surface area contributed by atoms with Gasteiger partial charge in [0.15, 0.2) is 11.5 Å². The number of ether oxygens (including phenoxy) is 3. The molecule has 0 saturated carbocycles. The number of rotatable bonds is 5. The summed E-state index contributed by atoms with van der Waals surface area (Å²) < 4.78 is 17.3. The number of para-hydroxylation sites is 1. The maximum absolute atomic E-state index is 12.5. The lowest BCUT2D eigenvalue weighted by Crippen LogP contribution is -2.45. The van der Waals surface area contributed by atoms with E-state index in [0.717, 1.165) is 23.5 Å². The lowest BCUT2D eigenvalue weighted by atomic mass is 9.96. The predicted molar refractivity (Wildman–Crippen MR) is 114 cm³/mol. The summed E-state index contributed by atoms with van der Waals surface area (Å²) in [6.07, 6.45) is 1.83. The van der Waals surface area contributed by atoms with Crippen LogP contribution in [0.2, 0.25) is 0 Å². The zero-order chi connectivity index (χ0) is 21.9. The van der Waals surface area contributed by atoms with Crippen LogP contribution in [0.15, 0.2) is 18.2 Å². The Balaban J connectivity index is 1.39. The third-order valence-electron chi connectivity index (χ3n) is 5.23.